The number of nitro groups is 1. The Bertz CT molecular complexity index is 567. The average molecular weight is 249 g/mol. The van der Waals surface area contributed by atoms with Crippen molar-refractivity contribution in [3.63, 3.8) is 0 Å². The number of hydrogen-bond donors (Lipinski definition) is 0. The smallest absolute Gasteiger partial charge is 0.258 e. The lowest BCUT2D eigenvalue weighted by atomic mass is 10.1. The van der Waals surface area contributed by atoms with E-state index in [2.05, 4.69) is 4.98 Å². The maximum Gasteiger partial charge on any atom is 0.306 e. The predicted octanol–water partition coefficient (Wildman–Crippen LogP) is 3.62. The summed E-state index contributed by atoms with van der Waals surface area (Å²) < 4.78 is 0. The lowest BCUT2D eigenvalue weighted by molar-refractivity contribution is -0.385. The SMILES string of the molecule is Cc1ccc(-c2ccc([N+](=O)[O-])c(Cl)n2)cc1. The van der Waals surface area contributed by atoms with Crippen molar-refractivity contribution in [2.24, 2.45) is 0 Å². The molecule has 0 amide bonds. The summed E-state index contributed by atoms with van der Waals surface area (Å²) in [4.78, 5) is 14.1. The lowest BCUT2D eigenvalue weighted by Gasteiger charge is -2.02. The third kappa shape index (κ3) is 2.42. The van der Waals surface area contributed by atoms with Crippen molar-refractivity contribution in [2.45, 2.75) is 6.92 Å². The van der Waals surface area contributed by atoms with E-state index < -0.39 is 4.92 Å². The average Bonchev–Trinajstić information content (AvgIpc) is 2.29. The molecule has 0 saturated carbocycles. The molecule has 1 heterocycles. The molecule has 0 aliphatic carbocycles. The third-order valence-corrected chi connectivity index (χ3v) is 2.65. The second kappa shape index (κ2) is 4.51. The molecule has 0 fully saturated rings. The van der Waals surface area contributed by atoms with E-state index >= 15 is 0 Å². The number of aryl methyl sites for hydroxylation is 1. The van der Waals surface area contributed by atoms with Gasteiger partial charge in [-0.3, -0.25) is 10.1 Å². The summed E-state index contributed by atoms with van der Waals surface area (Å²) in [5.74, 6) is 0. The Morgan fingerprint density at radius 1 is 1.18 bits per heavy atom. The molecule has 0 aliphatic rings. The zero-order valence-corrected chi connectivity index (χ0v) is 9.81. The van der Waals surface area contributed by atoms with E-state index in [0.29, 0.717) is 5.69 Å². The van der Waals surface area contributed by atoms with Crippen molar-refractivity contribution in [1.82, 2.24) is 4.98 Å². The molecule has 1 aromatic heterocycles. The van der Waals surface area contributed by atoms with E-state index in [4.69, 9.17) is 11.6 Å². The van der Waals surface area contributed by atoms with E-state index in [1.165, 1.54) is 6.07 Å². The fourth-order valence-corrected chi connectivity index (χ4v) is 1.67. The van der Waals surface area contributed by atoms with Crippen molar-refractivity contribution in [1.29, 1.82) is 0 Å². The number of rotatable bonds is 2. The van der Waals surface area contributed by atoms with Gasteiger partial charge in [-0.2, -0.15) is 0 Å². The van der Waals surface area contributed by atoms with Crippen LogP contribution in [-0.2, 0) is 0 Å². The summed E-state index contributed by atoms with van der Waals surface area (Å²) in [6.45, 7) is 1.99. The number of halogens is 1. The Labute approximate surface area is 103 Å². The molecule has 0 radical (unpaired) electrons. The quantitative estimate of drug-likeness (QED) is 0.463. The van der Waals surface area contributed by atoms with E-state index in [9.17, 15) is 10.1 Å². The third-order valence-electron chi connectivity index (χ3n) is 2.37. The highest BCUT2D eigenvalue weighted by atomic mass is 35.5. The number of aromatic nitrogens is 1. The monoisotopic (exact) mass is 248 g/mol. The first-order valence-corrected chi connectivity index (χ1v) is 5.33. The van der Waals surface area contributed by atoms with Crippen LogP contribution in [0.25, 0.3) is 11.3 Å². The van der Waals surface area contributed by atoms with Gasteiger partial charge in [0.1, 0.15) is 0 Å². The van der Waals surface area contributed by atoms with Gasteiger partial charge < -0.3 is 0 Å². The van der Waals surface area contributed by atoms with Gasteiger partial charge >= 0.3 is 5.69 Å². The summed E-state index contributed by atoms with van der Waals surface area (Å²) in [6, 6.07) is 10.7. The zero-order chi connectivity index (χ0) is 12.4. The number of hydrogen-bond acceptors (Lipinski definition) is 3. The maximum absolute atomic E-state index is 10.6. The topological polar surface area (TPSA) is 56.0 Å². The standard InChI is InChI=1S/C12H9ClN2O2/c1-8-2-4-9(5-3-8)10-6-7-11(15(16)17)12(13)14-10/h2-7H,1H3. The van der Waals surface area contributed by atoms with Gasteiger partial charge in [0, 0.05) is 11.6 Å². The maximum atomic E-state index is 10.6. The number of benzene rings is 1. The molecule has 2 aromatic rings. The van der Waals surface area contributed by atoms with E-state index in [0.717, 1.165) is 11.1 Å². The summed E-state index contributed by atoms with van der Waals surface area (Å²) in [5, 5.41) is 10.5. The molecule has 86 valence electrons. The van der Waals surface area contributed by atoms with Gasteiger partial charge in [-0.05, 0) is 13.0 Å². The van der Waals surface area contributed by atoms with Gasteiger partial charge in [0.25, 0.3) is 0 Å². The van der Waals surface area contributed by atoms with Crippen LogP contribution >= 0.6 is 11.6 Å². The van der Waals surface area contributed by atoms with Gasteiger partial charge in [-0.1, -0.05) is 41.4 Å². The molecule has 2 rings (SSSR count). The van der Waals surface area contributed by atoms with Crippen LogP contribution < -0.4 is 0 Å². The zero-order valence-electron chi connectivity index (χ0n) is 9.05. The van der Waals surface area contributed by atoms with Crippen LogP contribution in [0.15, 0.2) is 36.4 Å². The number of pyridine rings is 1. The first kappa shape index (κ1) is 11.5. The van der Waals surface area contributed by atoms with Crippen LogP contribution in [0.2, 0.25) is 5.15 Å². The molecule has 0 atom stereocenters. The van der Waals surface area contributed by atoms with Crippen LogP contribution in [0, 0.1) is 17.0 Å². The van der Waals surface area contributed by atoms with Crippen molar-refractivity contribution in [3.8, 4) is 11.3 Å². The molecule has 0 aliphatic heterocycles. The fourth-order valence-electron chi connectivity index (χ4n) is 1.45. The second-order valence-electron chi connectivity index (χ2n) is 3.63. The van der Waals surface area contributed by atoms with Crippen molar-refractivity contribution < 1.29 is 4.92 Å². The van der Waals surface area contributed by atoms with Gasteiger partial charge in [-0.15, -0.1) is 0 Å². The highest BCUT2D eigenvalue weighted by molar-refractivity contribution is 6.31. The molecule has 0 saturated heterocycles. The largest absolute Gasteiger partial charge is 0.306 e. The van der Waals surface area contributed by atoms with Gasteiger partial charge in [0.05, 0.1) is 10.6 Å². The highest BCUT2D eigenvalue weighted by Gasteiger charge is 2.14. The summed E-state index contributed by atoms with van der Waals surface area (Å²) in [6.07, 6.45) is 0. The summed E-state index contributed by atoms with van der Waals surface area (Å²) in [7, 11) is 0. The highest BCUT2D eigenvalue weighted by Crippen LogP contribution is 2.26. The molecule has 17 heavy (non-hydrogen) atoms. The Kier molecular flexibility index (Phi) is 3.06. The summed E-state index contributed by atoms with van der Waals surface area (Å²) >= 11 is 5.75. The second-order valence-corrected chi connectivity index (χ2v) is 3.99. The normalized spacial score (nSPS) is 10.2. The van der Waals surface area contributed by atoms with Gasteiger partial charge in [-0.25, -0.2) is 4.98 Å². The molecule has 1 aromatic carbocycles. The Balaban J connectivity index is 2.44. The van der Waals surface area contributed by atoms with Gasteiger partial charge in [0.15, 0.2) is 0 Å². The molecule has 5 heteroatoms. The van der Waals surface area contributed by atoms with Crippen molar-refractivity contribution in [2.75, 3.05) is 0 Å². The minimum absolute atomic E-state index is 0.0897. The van der Waals surface area contributed by atoms with Crippen LogP contribution in [0.3, 0.4) is 0 Å². The molecule has 0 N–H and O–H groups in total. The van der Waals surface area contributed by atoms with E-state index in [-0.39, 0.29) is 10.8 Å². The first-order valence-electron chi connectivity index (χ1n) is 4.96. The van der Waals surface area contributed by atoms with Gasteiger partial charge in [0.2, 0.25) is 5.15 Å². The van der Waals surface area contributed by atoms with E-state index in [1.54, 1.807) is 6.07 Å². The Hall–Kier alpha value is -1.94. The Morgan fingerprint density at radius 2 is 1.82 bits per heavy atom. The minimum atomic E-state index is -0.547. The molecule has 4 nitrogen and oxygen atoms in total. The molecular formula is C12H9ClN2O2. The minimum Gasteiger partial charge on any atom is -0.258 e. The molecule has 0 spiro atoms. The molecular weight excluding hydrogens is 240 g/mol. The van der Waals surface area contributed by atoms with Crippen molar-refractivity contribution in [3.05, 3.63) is 57.2 Å². The molecule has 0 bridgehead atoms. The lowest BCUT2D eigenvalue weighted by Crippen LogP contribution is -1.92. The fraction of sp³-hybridized carbons (Fsp3) is 0.0833. The first-order chi connectivity index (χ1) is 8.08. The summed E-state index contributed by atoms with van der Waals surface area (Å²) in [5.41, 5.74) is 2.47. The molecule has 0 unspecified atom stereocenters. The van der Waals surface area contributed by atoms with Crippen molar-refractivity contribution >= 4 is 17.3 Å². The predicted molar refractivity (Wildman–Crippen MR) is 66.1 cm³/mol. The number of nitrogens with zero attached hydrogens (tertiary/aromatic N) is 2. The van der Waals surface area contributed by atoms with Crippen LogP contribution in [0.1, 0.15) is 5.56 Å². The van der Waals surface area contributed by atoms with E-state index in [1.807, 2.05) is 31.2 Å². The van der Waals surface area contributed by atoms with Crippen LogP contribution in [0.5, 0.6) is 0 Å². The van der Waals surface area contributed by atoms with Crippen LogP contribution in [0.4, 0.5) is 5.69 Å². The van der Waals surface area contributed by atoms with Crippen LogP contribution in [-0.4, -0.2) is 9.91 Å². The Morgan fingerprint density at radius 3 is 2.35 bits per heavy atom.